The Labute approximate surface area is 453 Å². The second-order valence-corrected chi connectivity index (χ2v) is 21.0. The van der Waals surface area contributed by atoms with Crippen LogP contribution in [0.25, 0.3) is 0 Å². The average molecular weight is 1020 g/mol. The number of hydrogen-bond acceptors (Lipinski definition) is 6. The van der Waals surface area contributed by atoms with Crippen LogP contribution in [0.15, 0.2) is 72.9 Å². The molecule has 0 spiro atoms. The van der Waals surface area contributed by atoms with Crippen molar-refractivity contribution in [3.05, 3.63) is 72.9 Å². The van der Waals surface area contributed by atoms with Crippen LogP contribution in [0.4, 0.5) is 0 Å². The molecule has 1 atom stereocenters. The van der Waals surface area contributed by atoms with E-state index in [0.717, 1.165) is 96.3 Å². The molecule has 6 nitrogen and oxygen atoms in total. The first kappa shape index (κ1) is 69.8. The van der Waals surface area contributed by atoms with Gasteiger partial charge in [-0.15, -0.1) is 0 Å². The second-order valence-electron chi connectivity index (χ2n) is 21.0. The summed E-state index contributed by atoms with van der Waals surface area (Å²) >= 11 is 0. The minimum Gasteiger partial charge on any atom is -0.462 e. The molecule has 0 amide bonds. The van der Waals surface area contributed by atoms with Gasteiger partial charge in [0.1, 0.15) is 13.2 Å². The molecule has 0 saturated carbocycles. The van der Waals surface area contributed by atoms with E-state index in [1.165, 1.54) is 180 Å². The number of ether oxygens (including phenoxy) is 3. The third-order valence-electron chi connectivity index (χ3n) is 13.7. The standard InChI is InChI=1S/C67H118O6/c1-4-7-10-13-16-19-22-25-28-30-32-33-35-36-39-42-45-48-51-54-57-60-66(69)72-63-64(62-71-65(68)59-56-53-50-47-44-41-38-27-24-21-18-15-12-9-6-3)73-67(70)61-58-55-52-49-46-43-40-37-34-31-29-26-23-20-17-14-11-8-5-2/h18,21-22,25-27,29-30,32,35-36,38,64H,4-17,19-20,23-24,28,31,33-34,37,39-63H2,1-3H3/b21-18-,25-22-,29-26-,32-30-,36-35-,38-27-. The molecule has 0 N–H and O–H groups in total. The number of allylic oxidation sites excluding steroid dienone is 12. The van der Waals surface area contributed by atoms with Crippen LogP contribution in [-0.2, 0) is 28.6 Å². The van der Waals surface area contributed by atoms with Crippen LogP contribution in [0.2, 0.25) is 0 Å². The van der Waals surface area contributed by atoms with Crippen molar-refractivity contribution in [3.63, 3.8) is 0 Å². The van der Waals surface area contributed by atoms with Gasteiger partial charge in [0.25, 0.3) is 0 Å². The predicted octanol–water partition coefficient (Wildman–Crippen LogP) is 21.3. The Bertz CT molecular complexity index is 1360. The predicted molar refractivity (Wildman–Crippen MR) is 316 cm³/mol. The van der Waals surface area contributed by atoms with Crippen LogP contribution in [0.1, 0.15) is 316 Å². The van der Waals surface area contributed by atoms with Gasteiger partial charge in [-0.1, -0.05) is 254 Å². The monoisotopic (exact) mass is 1020 g/mol. The van der Waals surface area contributed by atoms with Crippen molar-refractivity contribution in [1.29, 1.82) is 0 Å². The zero-order valence-electron chi connectivity index (χ0n) is 48.4. The smallest absolute Gasteiger partial charge is 0.306 e. The summed E-state index contributed by atoms with van der Waals surface area (Å²) in [5.74, 6) is -0.901. The molecule has 0 aromatic heterocycles. The fourth-order valence-electron chi connectivity index (χ4n) is 8.89. The van der Waals surface area contributed by atoms with Crippen molar-refractivity contribution in [1.82, 2.24) is 0 Å². The van der Waals surface area contributed by atoms with E-state index in [-0.39, 0.29) is 31.1 Å². The minimum atomic E-state index is -0.789. The summed E-state index contributed by atoms with van der Waals surface area (Å²) in [6.45, 7) is 6.61. The maximum absolute atomic E-state index is 12.9. The van der Waals surface area contributed by atoms with Crippen LogP contribution in [0.3, 0.4) is 0 Å². The van der Waals surface area contributed by atoms with Crippen LogP contribution < -0.4 is 0 Å². The van der Waals surface area contributed by atoms with Crippen LogP contribution in [0.5, 0.6) is 0 Å². The highest BCUT2D eigenvalue weighted by molar-refractivity contribution is 5.71. The quantitative estimate of drug-likeness (QED) is 0.0261. The van der Waals surface area contributed by atoms with Crippen molar-refractivity contribution in [3.8, 4) is 0 Å². The molecular formula is C67H118O6. The Morgan fingerprint density at radius 1 is 0.274 bits per heavy atom. The summed E-state index contributed by atoms with van der Waals surface area (Å²) in [4.78, 5) is 38.3. The van der Waals surface area contributed by atoms with Crippen LogP contribution >= 0.6 is 0 Å². The summed E-state index contributed by atoms with van der Waals surface area (Å²) < 4.78 is 16.9. The summed E-state index contributed by atoms with van der Waals surface area (Å²) in [7, 11) is 0. The van der Waals surface area contributed by atoms with Crippen molar-refractivity contribution in [2.24, 2.45) is 0 Å². The number of carbonyl (C=O) groups excluding carboxylic acids is 3. The fourth-order valence-corrected chi connectivity index (χ4v) is 8.89. The normalized spacial score (nSPS) is 12.5. The fraction of sp³-hybridized carbons (Fsp3) is 0.776. The Hall–Kier alpha value is -3.15. The lowest BCUT2D eigenvalue weighted by Gasteiger charge is -2.18. The number of esters is 3. The van der Waals surface area contributed by atoms with Gasteiger partial charge in [-0.05, 0) is 116 Å². The largest absolute Gasteiger partial charge is 0.462 e. The van der Waals surface area contributed by atoms with Gasteiger partial charge in [0, 0.05) is 19.3 Å². The van der Waals surface area contributed by atoms with E-state index in [1.54, 1.807) is 0 Å². The summed E-state index contributed by atoms with van der Waals surface area (Å²) in [5, 5.41) is 0. The Morgan fingerprint density at radius 3 is 0.808 bits per heavy atom. The summed E-state index contributed by atoms with van der Waals surface area (Å²) in [5.41, 5.74) is 0. The molecule has 0 fully saturated rings. The van der Waals surface area contributed by atoms with Gasteiger partial charge >= 0.3 is 17.9 Å². The van der Waals surface area contributed by atoms with Crippen LogP contribution in [-0.4, -0.2) is 37.2 Å². The lowest BCUT2D eigenvalue weighted by atomic mass is 10.1. The molecule has 1 unspecified atom stereocenters. The molecule has 0 bridgehead atoms. The topological polar surface area (TPSA) is 78.9 Å². The van der Waals surface area contributed by atoms with E-state index in [4.69, 9.17) is 14.2 Å². The summed E-state index contributed by atoms with van der Waals surface area (Å²) in [6, 6.07) is 0. The molecule has 422 valence electrons. The molecule has 0 radical (unpaired) electrons. The Morgan fingerprint density at radius 2 is 0.493 bits per heavy atom. The molecule has 0 aliphatic carbocycles. The Kier molecular flexibility index (Phi) is 58.7. The van der Waals surface area contributed by atoms with Gasteiger partial charge < -0.3 is 14.2 Å². The molecule has 0 aromatic rings. The molecule has 0 aromatic carbocycles. The number of unbranched alkanes of at least 4 members (excludes halogenated alkanes) is 34. The number of rotatable bonds is 57. The van der Waals surface area contributed by atoms with Crippen molar-refractivity contribution in [2.45, 2.75) is 322 Å². The molecule has 0 aliphatic heterocycles. The van der Waals surface area contributed by atoms with E-state index in [1.807, 2.05) is 0 Å². The Balaban J connectivity index is 4.40. The maximum Gasteiger partial charge on any atom is 0.306 e. The first-order valence-corrected chi connectivity index (χ1v) is 31.4. The SMILES string of the molecule is CCCCC/C=C\C/C=C\CCCCCCCC(=O)OCC(COC(=O)CCCCCCCC/C=C\C/C=C\C/C=C\CCCCCCC)OC(=O)CCCCCCCCCCC/C=C\CCCCCCCC. The van der Waals surface area contributed by atoms with Gasteiger partial charge in [-0.3, -0.25) is 14.4 Å². The molecule has 0 heterocycles. The molecule has 0 saturated heterocycles. The van der Waals surface area contributed by atoms with E-state index in [2.05, 4.69) is 93.7 Å². The molecule has 0 aliphatic rings. The van der Waals surface area contributed by atoms with E-state index >= 15 is 0 Å². The van der Waals surface area contributed by atoms with Crippen molar-refractivity contribution >= 4 is 17.9 Å². The zero-order valence-corrected chi connectivity index (χ0v) is 48.4. The third kappa shape index (κ3) is 59.6. The highest BCUT2D eigenvalue weighted by atomic mass is 16.6. The zero-order chi connectivity index (χ0) is 52.9. The van der Waals surface area contributed by atoms with Gasteiger partial charge in [0.05, 0.1) is 0 Å². The molecular weight excluding hydrogens is 901 g/mol. The van der Waals surface area contributed by atoms with E-state index < -0.39 is 6.10 Å². The van der Waals surface area contributed by atoms with E-state index in [0.29, 0.717) is 19.3 Å². The van der Waals surface area contributed by atoms with Gasteiger partial charge in [-0.25, -0.2) is 0 Å². The number of carbonyl (C=O) groups is 3. The number of hydrogen-bond donors (Lipinski definition) is 0. The first-order valence-electron chi connectivity index (χ1n) is 31.4. The average Bonchev–Trinajstić information content (AvgIpc) is 3.39. The van der Waals surface area contributed by atoms with Crippen molar-refractivity contribution < 1.29 is 28.6 Å². The third-order valence-corrected chi connectivity index (χ3v) is 13.7. The van der Waals surface area contributed by atoms with Gasteiger partial charge in [0.15, 0.2) is 6.10 Å². The molecule has 6 heteroatoms. The highest BCUT2D eigenvalue weighted by Crippen LogP contribution is 2.16. The molecule has 73 heavy (non-hydrogen) atoms. The molecule has 0 rings (SSSR count). The highest BCUT2D eigenvalue weighted by Gasteiger charge is 2.19. The second kappa shape index (κ2) is 61.4. The van der Waals surface area contributed by atoms with Crippen LogP contribution in [0, 0.1) is 0 Å². The minimum absolute atomic E-state index is 0.0867. The maximum atomic E-state index is 12.9. The van der Waals surface area contributed by atoms with E-state index in [9.17, 15) is 14.4 Å². The lowest BCUT2D eigenvalue weighted by molar-refractivity contribution is -0.167. The van der Waals surface area contributed by atoms with Gasteiger partial charge in [-0.2, -0.15) is 0 Å². The van der Waals surface area contributed by atoms with Gasteiger partial charge in [0.2, 0.25) is 0 Å². The first-order chi connectivity index (χ1) is 36.0. The van der Waals surface area contributed by atoms with Crippen molar-refractivity contribution in [2.75, 3.05) is 13.2 Å². The lowest BCUT2D eigenvalue weighted by Crippen LogP contribution is -2.30. The summed E-state index contributed by atoms with van der Waals surface area (Å²) in [6.07, 6.45) is 78.9.